The van der Waals surface area contributed by atoms with Gasteiger partial charge in [0.25, 0.3) is 5.91 Å². The second kappa shape index (κ2) is 8.49. The quantitative estimate of drug-likeness (QED) is 0.861. The second-order valence-corrected chi connectivity index (χ2v) is 8.37. The highest BCUT2D eigenvalue weighted by Crippen LogP contribution is 2.30. The Balaban J connectivity index is 1.62. The first kappa shape index (κ1) is 19.8. The van der Waals surface area contributed by atoms with Gasteiger partial charge in [0.2, 0.25) is 5.91 Å². The standard InChI is InChI=1S/C23H29N3O3/c1-15(2)24-22(27)18-13-20(25-19-10-6-5-9-17(18)19)21-14-26(11-12-29-21)23(28)16-7-3-4-8-16/h5-6,9-10,13,15-16,21H,3-4,7-8,11-12,14H2,1-2H3,(H,24,27)/t21-/m1/s1. The number of carbonyl (C=O) groups excluding carboxylic acids is 2. The maximum Gasteiger partial charge on any atom is 0.252 e. The van der Waals surface area contributed by atoms with E-state index >= 15 is 0 Å². The van der Waals surface area contributed by atoms with Crippen LogP contribution in [0, 0.1) is 5.92 Å². The Bertz CT molecular complexity index is 905. The number of carbonyl (C=O) groups is 2. The molecule has 0 radical (unpaired) electrons. The molecule has 0 spiro atoms. The van der Waals surface area contributed by atoms with Crippen LogP contribution >= 0.6 is 0 Å². The van der Waals surface area contributed by atoms with Crippen molar-refractivity contribution in [3.63, 3.8) is 0 Å². The van der Waals surface area contributed by atoms with Crippen molar-refractivity contribution in [1.82, 2.24) is 15.2 Å². The predicted molar refractivity (Wildman–Crippen MR) is 112 cm³/mol. The number of nitrogens with zero attached hydrogens (tertiary/aromatic N) is 2. The molecule has 154 valence electrons. The molecule has 6 nitrogen and oxygen atoms in total. The first-order valence-corrected chi connectivity index (χ1v) is 10.6. The lowest BCUT2D eigenvalue weighted by molar-refractivity contribution is -0.143. The highest BCUT2D eigenvalue weighted by molar-refractivity contribution is 6.06. The van der Waals surface area contributed by atoms with Crippen LogP contribution in [-0.2, 0) is 9.53 Å². The van der Waals surface area contributed by atoms with E-state index in [2.05, 4.69) is 5.32 Å². The molecule has 1 aliphatic carbocycles. The van der Waals surface area contributed by atoms with E-state index < -0.39 is 0 Å². The molecular formula is C23H29N3O3. The third kappa shape index (κ3) is 4.27. The fourth-order valence-electron chi connectivity index (χ4n) is 4.35. The van der Waals surface area contributed by atoms with Crippen molar-refractivity contribution >= 4 is 22.7 Å². The van der Waals surface area contributed by atoms with Gasteiger partial charge in [-0.25, -0.2) is 4.98 Å². The largest absolute Gasteiger partial charge is 0.368 e. The lowest BCUT2D eigenvalue weighted by Crippen LogP contribution is -2.44. The van der Waals surface area contributed by atoms with Crippen LogP contribution in [0.25, 0.3) is 10.9 Å². The molecule has 1 saturated carbocycles. The van der Waals surface area contributed by atoms with Crippen molar-refractivity contribution in [1.29, 1.82) is 0 Å². The molecule has 1 N–H and O–H groups in total. The molecule has 2 fully saturated rings. The average Bonchev–Trinajstić information content (AvgIpc) is 3.27. The van der Waals surface area contributed by atoms with E-state index in [4.69, 9.17) is 9.72 Å². The predicted octanol–water partition coefficient (Wildman–Crippen LogP) is 3.46. The summed E-state index contributed by atoms with van der Waals surface area (Å²) < 4.78 is 5.98. The van der Waals surface area contributed by atoms with E-state index in [0.717, 1.165) is 36.6 Å². The Labute approximate surface area is 171 Å². The molecule has 0 bridgehead atoms. The lowest BCUT2D eigenvalue weighted by atomic mass is 10.0. The number of morpholine rings is 1. The highest BCUT2D eigenvalue weighted by atomic mass is 16.5. The van der Waals surface area contributed by atoms with Crippen molar-refractivity contribution < 1.29 is 14.3 Å². The van der Waals surface area contributed by atoms with Crippen molar-refractivity contribution in [2.75, 3.05) is 19.7 Å². The zero-order valence-corrected chi connectivity index (χ0v) is 17.2. The molecule has 29 heavy (non-hydrogen) atoms. The minimum atomic E-state index is -0.315. The maximum atomic E-state index is 12.9. The summed E-state index contributed by atoms with van der Waals surface area (Å²) in [4.78, 5) is 32.4. The van der Waals surface area contributed by atoms with Crippen LogP contribution in [-0.4, -0.2) is 47.4 Å². The number of para-hydroxylation sites is 1. The first-order valence-electron chi connectivity index (χ1n) is 10.6. The monoisotopic (exact) mass is 395 g/mol. The van der Waals surface area contributed by atoms with Crippen LogP contribution in [0.4, 0.5) is 0 Å². The molecule has 1 saturated heterocycles. The molecule has 1 aromatic heterocycles. The number of rotatable bonds is 4. The molecule has 2 heterocycles. The van der Waals surface area contributed by atoms with Gasteiger partial charge in [-0.05, 0) is 38.8 Å². The second-order valence-electron chi connectivity index (χ2n) is 8.37. The van der Waals surface area contributed by atoms with Crippen molar-refractivity contribution in [2.24, 2.45) is 5.92 Å². The van der Waals surface area contributed by atoms with Gasteiger partial charge in [0, 0.05) is 23.9 Å². The minimum absolute atomic E-state index is 0.0448. The Morgan fingerprint density at radius 1 is 1.21 bits per heavy atom. The van der Waals surface area contributed by atoms with Gasteiger partial charge >= 0.3 is 0 Å². The summed E-state index contributed by atoms with van der Waals surface area (Å²) in [7, 11) is 0. The number of ether oxygens (including phenoxy) is 1. The Hall–Kier alpha value is -2.47. The molecular weight excluding hydrogens is 366 g/mol. The summed E-state index contributed by atoms with van der Waals surface area (Å²) in [5.74, 6) is 0.287. The fourth-order valence-corrected chi connectivity index (χ4v) is 4.35. The normalized spacial score (nSPS) is 20.4. The molecule has 4 rings (SSSR count). The Morgan fingerprint density at radius 2 is 1.97 bits per heavy atom. The van der Waals surface area contributed by atoms with Gasteiger partial charge in [0.1, 0.15) is 6.10 Å². The van der Waals surface area contributed by atoms with Gasteiger partial charge < -0.3 is 15.0 Å². The highest BCUT2D eigenvalue weighted by Gasteiger charge is 2.32. The van der Waals surface area contributed by atoms with E-state index in [-0.39, 0.29) is 29.9 Å². The summed E-state index contributed by atoms with van der Waals surface area (Å²) in [5, 5.41) is 3.80. The fraction of sp³-hybridized carbons (Fsp3) is 0.522. The zero-order valence-electron chi connectivity index (χ0n) is 17.2. The van der Waals surface area contributed by atoms with Gasteiger partial charge in [-0.15, -0.1) is 0 Å². The number of benzene rings is 1. The summed E-state index contributed by atoms with van der Waals surface area (Å²) in [5.41, 5.74) is 2.07. The molecule has 2 aromatic rings. The molecule has 1 aromatic carbocycles. The van der Waals surface area contributed by atoms with Crippen molar-refractivity contribution in [3.05, 3.63) is 41.6 Å². The average molecular weight is 396 g/mol. The maximum absolute atomic E-state index is 12.9. The number of nitrogens with one attached hydrogen (secondary N) is 1. The van der Waals surface area contributed by atoms with Crippen LogP contribution in [0.3, 0.4) is 0 Å². The van der Waals surface area contributed by atoms with Gasteiger partial charge in [-0.2, -0.15) is 0 Å². The van der Waals surface area contributed by atoms with Crippen molar-refractivity contribution in [3.8, 4) is 0 Å². The Kier molecular flexibility index (Phi) is 5.81. The summed E-state index contributed by atoms with van der Waals surface area (Å²) >= 11 is 0. The van der Waals surface area contributed by atoms with Crippen LogP contribution in [0.2, 0.25) is 0 Å². The molecule has 1 atom stereocenters. The number of amides is 2. The lowest BCUT2D eigenvalue weighted by Gasteiger charge is -2.34. The van der Waals surface area contributed by atoms with E-state index in [1.807, 2.05) is 49.1 Å². The van der Waals surface area contributed by atoms with Crippen LogP contribution in [0.15, 0.2) is 30.3 Å². The van der Waals surface area contributed by atoms with E-state index in [0.29, 0.717) is 31.0 Å². The molecule has 6 heteroatoms. The molecule has 2 amide bonds. The first-order chi connectivity index (χ1) is 14.0. The Morgan fingerprint density at radius 3 is 2.72 bits per heavy atom. The van der Waals surface area contributed by atoms with Crippen LogP contribution < -0.4 is 5.32 Å². The topological polar surface area (TPSA) is 71.5 Å². The summed E-state index contributed by atoms with van der Waals surface area (Å²) in [6.07, 6.45) is 3.96. The number of aromatic nitrogens is 1. The molecule has 1 aliphatic heterocycles. The van der Waals surface area contributed by atoms with E-state index in [1.165, 1.54) is 0 Å². The van der Waals surface area contributed by atoms with E-state index in [9.17, 15) is 9.59 Å². The number of hydrogen-bond donors (Lipinski definition) is 1. The smallest absolute Gasteiger partial charge is 0.252 e. The summed E-state index contributed by atoms with van der Waals surface area (Å²) in [6, 6.07) is 9.53. The van der Waals surface area contributed by atoms with E-state index in [1.54, 1.807) is 0 Å². The summed E-state index contributed by atoms with van der Waals surface area (Å²) in [6.45, 7) is 5.50. The van der Waals surface area contributed by atoms with Gasteiger partial charge in [-0.3, -0.25) is 9.59 Å². The van der Waals surface area contributed by atoms with Gasteiger partial charge in [0.15, 0.2) is 0 Å². The molecule has 2 aliphatic rings. The number of fused-ring (bicyclic) bond motifs is 1. The van der Waals surface area contributed by atoms with Crippen LogP contribution in [0.1, 0.15) is 61.7 Å². The zero-order chi connectivity index (χ0) is 20.4. The third-order valence-corrected chi connectivity index (χ3v) is 5.81. The van der Waals surface area contributed by atoms with Gasteiger partial charge in [-0.1, -0.05) is 31.0 Å². The van der Waals surface area contributed by atoms with Crippen molar-refractivity contribution in [2.45, 2.75) is 51.7 Å². The van der Waals surface area contributed by atoms with Crippen LogP contribution in [0.5, 0.6) is 0 Å². The SMILES string of the molecule is CC(C)NC(=O)c1cc([C@H]2CN(C(=O)C3CCCC3)CCO2)nc2ccccc12. The third-order valence-electron chi connectivity index (χ3n) is 5.81. The number of pyridine rings is 1. The van der Waals surface area contributed by atoms with Gasteiger partial charge in [0.05, 0.1) is 29.9 Å². The molecule has 0 unspecified atom stereocenters. The minimum Gasteiger partial charge on any atom is -0.368 e. The number of hydrogen-bond acceptors (Lipinski definition) is 4.